The van der Waals surface area contributed by atoms with Crippen molar-refractivity contribution in [2.75, 3.05) is 7.11 Å². The molecule has 2 aromatic rings. The van der Waals surface area contributed by atoms with Gasteiger partial charge in [-0.15, -0.1) is 11.3 Å². The number of aliphatic hydroxyl groups is 1. The summed E-state index contributed by atoms with van der Waals surface area (Å²) in [7, 11) is 1.58. The lowest BCUT2D eigenvalue weighted by Crippen LogP contribution is -2.01. The maximum absolute atomic E-state index is 13.4. The van der Waals surface area contributed by atoms with Crippen molar-refractivity contribution in [2.24, 2.45) is 0 Å². The molecule has 0 bridgehead atoms. The van der Waals surface area contributed by atoms with Crippen LogP contribution in [0, 0.1) is 5.82 Å². The maximum atomic E-state index is 13.4. The summed E-state index contributed by atoms with van der Waals surface area (Å²) in [5, 5.41) is 11.8. The second-order valence-corrected chi connectivity index (χ2v) is 4.64. The smallest absolute Gasteiger partial charge is 0.129 e. The summed E-state index contributed by atoms with van der Waals surface area (Å²) >= 11 is 1.41. The molecule has 0 aliphatic carbocycles. The van der Waals surface area contributed by atoms with E-state index >= 15 is 0 Å². The van der Waals surface area contributed by atoms with Gasteiger partial charge in [0, 0.05) is 16.7 Å². The van der Waals surface area contributed by atoms with Gasteiger partial charge in [-0.05, 0) is 17.7 Å². The summed E-state index contributed by atoms with van der Waals surface area (Å²) in [6.45, 7) is 0. The van der Waals surface area contributed by atoms with E-state index in [1.807, 2.05) is 5.38 Å². The Bertz CT molecular complexity index is 496. The van der Waals surface area contributed by atoms with Crippen LogP contribution < -0.4 is 4.74 Å². The Morgan fingerprint density at radius 2 is 2.18 bits per heavy atom. The maximum Gasteiger partial charge on any atom is 0.129 e. The molecule has 0 fully saturated rings. The highest BCUT2D eigenvalue weighted by Crippen LogP contribution is 2.29. The quantitative estimate of drug-likeness (QED) is 0.905. The zero-order valence-corrected chi connectivity index (χ0v) is 10.2. The number of benzene rings is 1. The zero-order chi connectivity index (χ0) is 12.3. The number of rotatable bonds is 4. The minimum Gasteiger partial charge on any atom is -0.496 e. The van der Waals surface area contributed by atoms with Crippen molar-refractivity contribution in [1.29, 1.82) is 0 Å². The molecular weight excluding hydrogens is 239 g/mol. The molecule has 0 aliphatic rings. The van der Waals surface area contributed by atoms with Crippen LogP contribution in [0.3, 0.4) is 0 Å². The van der Waals surface area contributed by atoms with E-state index in [9.17, 15) is 9.50 Å². The standard InChI is InChI=1S/C13H13FO2S/c1-16-10-7-13(17-8-10)12(15)6-9-4-2-3-5-11(9)14/h2-5,7-8,12,15H,6H2,1H3. The van der Waals surface area contributed by atoms with Crippen LogP contribution >= 0.6 is 11.3 Å². The normalized spacial score (nSPS) is 12.4. The lowest BCUT2D eigenvalue weighted by atomic mass is 10.1. The van der Waals surface area contributed by atoms with Crippen LogP contribution in [-0.4, -0.2) is 12.2 Å². The Labute approximate surface area is 103 Å². The van der Waals surface area contributed by atoms with Crippen molar-refractivity contribution in [3.05, 3.63) is 52.0 Å². The van der Waals surface area contributed by atoms with E-state index in [4.69, 9.17) is 4.74 Å². The largest absolute Gasteiger partial charge is 0.496 e. The summed E-state index contributed by atoms with van der Waals surface area (Å²) < 4.78 is 18.4. The molecule has 4 heteroatoms. The van der Waals surface area contributed by atoms with Crippen LogP contribution in [0.1, 0.15) is 16.5 Å². The van der Waals surface area contributed by atoms with E-state index in [-0.39, 0.29) is 12.2 Å². The van der Waals surface area contributed by atoms with E-state index in [0.29, 0.717) is 5.56 Å². The summed E-state index contributed by atoms with van der Waals surface area (Å²) in [6.07, 6.45) is -0.420. The first kappa shape index (κ1) is 12.1. The van der Waals surface area contributed by atoms with E-state index in [1.165, 1.54) is 17.4 Å². The fourth-order valence-electron chi connectivity index (χ4n) is 1.59. The summed E-state index contributed by atoms with van der Waals surface area (Å²) in [5.74, 6) is 0.438. The Kier molecular flexibility index (Phi) is 3.76. The van der Waals surface area contributed by atoms with Crippen LogP contribution in [0.4, 0.5) is 4.39 Å². The Morgan fingerprint density at radius 1 is 1.41 bits per heavy atom. The molecule has 0 spiro atoms. The van der Waals surface area contributed by atoms with Gasteiger partial charge < -0.3 is 9.84 Å². The highest BCUT2D eigenvalue weighted by molar-refractivity contribution is 7.10. The third-order valence-corrected chi connectivity index (χ3v) is 3.54. The highest BCUT2D eigenvalue weighted by atomic mass is 32.1. The van der Waals surface area contributed by atoms with Crippen LogP contribution in [-0.2, 0) is 6.42 Å². The lowest BCUT2D eigenvalue weighted by Gasteiger charge is -2.08. The van der Waals surface area contributed by atoms with Gasteiger partial charge in [0.2, 0.25) is 0 Å². The van der Waals surface area contributed by atoms with Crippen LogP contribution in [0.25, 0.3) is 0 Å². The molecule has 90 valence electrons. The molecule has 1 atom stereocenters. The molecule has 0 saturated carbocycles. The van der Waals surface area contributed by atoms with Crippen LogP contribution in [0.5, 0.6) is 5.75 Å². The molecule has 0 radical (unpaired) electrons. The highest BCUT2D eigenvalue weighted by Gasteiger charge is 2.13. The molecule has 17 heavy (non-hydrogen) atoms. The average Bonchev–Trinajstić information content (AvgIpc) is 2.81. The zero-order valence-electron chi connectivity index (χ0n) is 9.39. The molecule has 0 amide bonds. The van der Waals surface area contributed by atoms with E-state index < -0.39 is 6.10 Å². The number of methoxy groups -OCH3 is 1. The number of hydrogen-bond donors (Lipinski definition) is 1. The Balaban J connectivity index is 2.11. The third kappa shape index (κ3) is 2.84. The Morgan fingerprint density at radius 3 is 2.82 bits per heavy atom. The van der Waals surface area contributed by atoms with Gasteiger partial charge in [-0.25, -0.2) is 4.39 Å². The SMILES string of the molecule is COc1csc(C(O)Cc2ccccc2F)c1. The van der Waals surface area contributed by atoms with Crippen molar-refractivity contribution in [3.8, 4) is 5.75 Å². The number of aliphatic hydroxyl groups excluding tert-OH is 1. The van der Waals surface area contributed by atoms with E-state index in [2.05, 4.69) is 0 Å². The van der Waals surface area contributed by atoms with Gasteiger partial charge in [-0.3, -0.25) is 0 Å². The fraction of sp³-hybridized carbons (Fsp3) is 0.231. The lowest BCUT2D eigenvalue weighted by molar-refractivity contribution is 0.180. The third-order valence-electron chi connectivity index (χ3n) is 2.53. The molecule has 0 saturated heterocycles. The predicted molar refractivity (Wildman–Crippen MR) is 65.9 cm³/mol. The number of halogens is 1. The van der Waals surface area contributed by atoms with Crippen LogP contribution in [0.2, 0.25) is 0 Å². The number of ether oxygens (including phenoxy) is 1. The van der Waals surface area contributed by atoms with Crippen molar-refractivity contribution < 1.29 is 14.2 Å². The topological polar surface area (TPSA) is 29.5 Å². The average molecular weight is 252 g/mol. The molecule has 1 unspecified atom stereocenters. The number of hydrogen-bond acceptors (Lipinski definition) is 3. The monoisotopic (exact) mass is 252 g/mol. The molecule has 1 aromatic carbocycles. The van der Waals surface area contributed by atoms with Gasteiger partial charge >= 0.3 is 0 Å². The molecule has 1 aromatic heterocycles. The molecule has 0 aliphatic heterocycles. The molecule has 1 N–H and O–H groups in total. The first-order valence-corrected chi connectivity index (χ1v) is 6.12. The van der Waals surface area contributed by atoms with Gasteiger partial charge in [0.15, 0.2) is 0 Å². The fourth-order valence-corrected chi connectivity index (χ4v) is 2.43. The summed E-state index contributed by atoms with van der Waals surface area (Å²) in [4.78, 5) is 0.783. The van der Waals surface area contributed by atoms with Crippen LogP contribution in [0.15, 0.2) is 35.7 Å². The minimum atomic E-state index is -0.694. The van der Waals surface area contributed by atoms with Gasteiger partial charge in [0.05, 0.1) is 13.2 Å². The first-order chi connectivity index (χ1) is 8.20. The van der Waals surface area contributed by atoms with Gasteiger partial charge in [-0.1, -0.05) is 18.2 Å². The second-order valence-electron chi connectivity index (χ2n) is 3.70. The van der Waals surface area contributed by atoms with Crippen molar-refractivity contribution >= 4 is 11.3 Å². The summed E-state index contributed by atoms with van der Waals surface area (Å²) in [6, 6.07) is 8.26. The van der Waals surface area contributed by atoms with Crippen molar-refractivity contribution in [2.45, 2.75) is 12.5 Å². The van der Waals surface area contributed by atoms with Crippen molar-refractivity contribution in [1.82, 2.24) is 0 Å². The minimum absolute atomic E-state index is 0.274. The van der Waals surface area contributed by atoms with E-state index in [0.717, 1.165) is 10.6 Å². The van der Waals surface area contributed by atoms with Gasteiger partial charge in [0.25, 0.3) is 0 Å². The summed E-state index contributed by atoms with van der Waals surface area (Å²) in [5.41, 5.74) is 0.521. The predicted octanol–water partition coefficient (Wildman–Crippen LogP) is 3.17. The van der Waals surface area contributed by atoms with Gasteiger partial charge in [0.1, 0.15) is 11.6 Å². The van der Waals surface area contributed by atoms with E-state index in [1.54, 1.807) is 31.4 Å². The Hall–Kier alpha value is -1.39. The second kappa shape index (κ2) is 5.29. The molecule has 1 heterocycles. The molecule has 2 rings (SSSR count). The van der Waals surface area contributed by atoms with Crippen molar-refractivity contribution in [3.63, 3.8) is 0 Å². The molecular formula is C13H13FO2S. The molecule has 2 nitrogen and oxygen atoms in total. The number of thiophene rings is 1. The van der Waals surface area contributed by atoms with Gasteiger partial charge in [-0.2, -0.15) is 0 Å². The first-order valence-electron chi connectivity index (χ1n) is 5.24.